The molecule has 45 heavy (non-hydrogen) atoms. The molecular formula is C41H57NO3. The molecule has 1 saturated heterocycles. The average Bonchev–Trinajstić information content (AvgIpc) is 3.30. The van der Waals surface area contributed by atoms with E-state index in [9.17, 15) is 15.0 Å². The monoisotopic (exact) mass is 611 g/mol. The fourth-order valence-corrected chi connectivity index (χ4v) is 9.46. The van der Waals surface area contributed by atoms with Crippen LogP contribution >= 0.6 is 0 Å². The van der Waals surface area contributed by atoms with Crippen molar-refractivity contribution in [2.24, 2.45) is 17.3 Å². The van der Waals surface area contributed by atoms with Gasteiger partial charge in [-0.3, -0.25) is 4.79 Å². The minimum Gasteiger partial charge on any atom is -0.393 e. The van der Waals surface area contributed by atoms with Gasteiger partial charge in [0.15, 0.2) is 5.78 Å². The van der Waals surface area contributed by atoms with Gasteiger partial charge in [0.1, 0.15) is 0 Å². The summed E-state index contributed by atoms with van der Waals surface area (Å²) in [6, 6.07) is 17.4. The molecule has 0 radical (unpaired) electrons. The fourth-order valence-electron chi connectivity index (χ4n) is 9.46. The predicted molar refractivity (Wildman–Crippen MR) is 184 cm³/mol. The molecule has 2 saturated carbocycles. The molecule has 2 aromatic rings. The number of Topliss-reactive ketones (excluding diaryl/α,β-unsaturated/α-hetero) is 1. The lowest BCUT2D eigenvalue weighted by Crippen LogP contribution is -2.53. The summed E-state index contributed by atoms with van der Waals surface area (Å²) in [6.07, 6.45) is 16.6. The molecule has 0 amide bonds. The van der Waals surface area contributed by atoms with Gasteiger partial charge in [-0.2, -0.15) is 0 Å². The van der Waals surface area contributed by atoms with Crippen molar-refractivity contribution in [1.82, 2.24) is 4.90 Å². The molecule has 2 bridgehead atoms. The Morgan fingerprint density at radius 2 is 1.69 bits per heavy atom. The zero-order chi connectivity index (χ0) is 31.4. The van der Waals surface area contributed by atoms with Gasteiger partial charge in [-0.25, -0.2) is 0 Å². The van der Waals surface area contributed by atoms with Gasteiger partial charge in [0.25, 0.3) is 0 Å². The first kappa shape index (κ1) is 32.7. The molecule has 4 heteroatoms. The second kappa shape index (κ2) is 14.2. The summed E-state index contributed by atoms with van der Waals surface area (Å²) in [5.74, 6) is 1.25. The van der Waals surface area contributed by atoms with Gasteiger partial charge in [-0.1, -0.05) is 80.3 Å². The van der Waals surface area contributed by atoms with Crippen LogP contribution in [0.4, 0.5) is 0 Å². The van der Waals surface area contributed by atoms with Gasteiger partial charge in [-0.05, 0) is 132 Å². The molecule has 1 heterocycles. The number of hydrogen-bond donors (Lipinski definition) is 2. The van der Waals surface area contributed by atoms with Crippen molar-refractivity contribution < 1.29 is 15.0 Å². The normalized spacial score (nSPS) is 30.9. The van der Waals surface area contributed by atoms with E-state index in [1.165, 1.54) is 30.4 Å². The summed E-state index contributed by atoms with van der Waals surface area (Å²) < 4.78 is 0. The van der Waals surface area contributed by atoms with Gasteiger partial charge in [0.2, 0.25) is 0 Å². The highest BCUT2D eigenvalue weighted by Crippen LogP contribution is 2.59. The van der Waals surface area contributed by atoms with Crippen molar-refractivity contribution in [3.05, 3.63) is 82.4 Å². The summed E-state index contributed by atoms with van der Waals surface area (Å²) in [5.41, 5.74) is 4.73. The van der Waals surface area contributed by atoms with Crippen LogP contribution < -0.4 is 0 Å². The molecular weight excluding hydrogens is 554 g/mol. The van der Waals surface area contributed by atoms with Crippen LogP contribution in [-0.2, 0) is 12.8 Å². The molecule has 0 spiro atoms. The Morgan fingerprint density at radius 3 is 2.44 bits per heavy atom. The van der Waals surface area contributed by atoms with Crippen molar-refractivity contribution in [1.29, 1.82) is 0 Å². The number of benzene rings is 2. The number of fused-ring (bicyclic) bond motifs is 8. The second-order valence-electron chi connectivity index (χ2n) is 15.6. The van der Waals surface area contributed by atoms with Crippen molar-refractivity contribution in [2.75, 3.05) is 19.6 Å². The third-order valence-corrected chi connectivity index (χ3v) is 12.5. The maximum Gasteiger partial charge on any atom is 0.166 e. The molecule has 3 fully saturated rings. The van der Waals surface area contributed by atoms with Crippen LogP contribution in [0.1, 0.15) is 130 Å². The number of allylic oxidation sites excluding steroid dienone is 2. The Balaban J connectivity index is 1.27. The van der Waals surface area contributed by atoms with E-state index < -0.39 is 11.7 Å². The zero-order valence-corrected chi connectivity index (χ0v) is 28.0. The Bertz CT molecular complexity index is 1320. The molecule has 0 aromatic heterocycles. The van der Waals surface area contributed by atoms with Gasteiger partial charge < -0.3 is 15.1 Å². The lowest BCUT2D eigenvalue weighted by atomic mass is 9.64. The number of rotatable bonds is 6. The van der Waals surface area contributed by atoms with E-state index in [0.29, 0.717) is 18.1 Å². The maximum atomic E-state index is 14.3. The minimum absolute atomic E-state index is 0.103. The standard InChI is InChI=1S/C41H57NO3/c1-30-10-9-22-40(2)38(19-23-41(40,45)29-42-24-20-32(21-25-42)26-31-11-5-3-6-12-31)36-18-16-33(27-35(43)17-15-30)28-37(36)39(44)34-13-7-4-8-14-34/h3,5-6,10-12,16,18,28,32,34-35,38,43,45H,4,7-9,13-15,17,19-27,29H2,1-2H3. The molecule has 2 N–H and O–H groups in total. The molecule has 1 aliphatic heterocycles. The summed E-state index contributed by atoms with van der Waals surface area (Å²) in [4.78, 5) is 16.8. The number of aliphatic hydroxyl groups is 2. The third kappa shape index (κ3) is 7.34. The first-order valence-electron chi connectivity index (χ1n) is 18.2. The lowest BCUT2D eigenvalue weighted by molar-refractivity contribution is -0.0873. The topological polar surface area (TPSA) is 60.8 Å². The number of nitrogens with zero attached hydrogens (tertiary/aromatic N) is 1. The Morgan fingerprint density at radius 1 is 0.933 bits per heavy atom. The van der Waals surface area contributed by atoms with Crippen LogP contribution in [0, 0.1) is 17.3 Å². The first-order valence-corrected chi connectivity index (χ1v) is 18.2. The Hall–Kier alpha value is -2.27. The first-order chi connectivity index (χ1) is 21.7. The van der Waals surface area contributed by atoms with Crippen LogP contribution in [0.15, 0.2) is 60.2 Å². The third-order valence-electron chi connectivity index (χ3n) is 12.5. The Kier molecular flexibility index (Phi) is 10.3. The van der Waals surface area contributed by atoms with Crippen LogP contribution in [-0.4, -0.2) is 52.2 Å². The molecule has 4 aliphatic carbocycles. The number of carbonyl (C=O) groups is 1. The van der Waals surface area contributed by atoms with Gasteiger partial charge in [-0.15, -0.1) is 0 Å². The van der Waals surface area contributed by atoms with Crippen molar-refractivity contribution in [2.45, 2.75) is 128 Å². The quantitative estimate of drug-likeness (QED) is 0.254. The summed E-state index contributed by atoms with van der Waals surface area (Å²) in [5, 5.41) is 23.7. The largest absolute Gasteiger partial charge is 0.393 e. The average molecular weight is 612 g/mol. The number of hydrogen-bond acceptors (Lipinski definition) is 4. The fraction of sp³-hybridized carbons (Fsp3) is 0.634. The van der Waals surface area contributed by atoms with Gasteiger partial charge in [0.05, 0.1) is 11.7 Å². The van der Waals surface area contributed by atoms with Gasteiger partial charge in [0, 0.05) is 23.4 Å². The maximum absolute atomic E-state index is 14.3. The van der Waals surface area contributed by atoms with Gasteiger partial charge >= 0.3 is 0 Å². The van der Waals surface area contributed by atoms with Crippen molar-refractivity contribution in [3.63, 3.8) is 0 Å². The van der Waals surface area contributed by atoms with Crippen molar-refractivity contribution in [3.8, 4) is 0 Å². The highest BCUT2D eigenvalue weighted by molar-refractivity contribution is 5.99. The predicted octanol–water partition coefficient (Wildman–Crippen LogP) is 8.44. The highest BCUT2D eigenvalue weighted by Gasteiger charge is 2.57. The van der Waals surface area contributed by atoms with E-state index in [0.717, 1.165) is 107 Å². The van der Waals surface area contributed by atoms with Crippen molar-refractivity contribution >= 4 is 5.78 Å². The summed E-state index contributed by atoms with van der Waals surface area (Å²) >= 11 is 0. The van der Waals surface area contributed by atoms with Crippen LogP contribution in [0.5, 0.6) is 0 Å². The van der Waals surface area contributed by atoms with Crippen LogP contribution in [0.3, 0.4) is 0 Å². The highest BCUT2D eigenvalue weighted by atomic mass is 16.3. The molecule has 244 valence electrons. The van der Waals surface area contributed by atoms with E-state index in [-0.39, 0.29) is 17.3 Å². The molecule has 5 aliphatic rings. The lowest BCUT2D eigenvalue weighted by Gasteiger charge is -2.47. The number of piperidine rings is 1. The number of carbonyl (C=O) groups excluding carboxylic acids is 1. The van der Waals surface area contributed by atoms with E-state index in [1.54, 1.807) is 0 Å². The van der Waals surface area contributed by atoms with Crippen LogP contribution in [0.2, 0.25) is 0 Å². The molecule has 4 atom stereocenters. The molecule has 7 rings (SSSR count). The molecule has 2 aromatic carbocycles. The van der Waals surface area contributed by atoms with E-state index in [1.807, 2.05) is 0 Å². The van der Waals surface area contributed by atoms with Crippen LogP contribution in [0.25, 0.3) is 0 Å². The second-order valence-corrected chi connectivity index (χ2v) is 15.6. The summed E-state index contributed by atoms with van der Waals surface area (Å²) in [6.45, 7) is 7.34. The summed E-state index contributed by atoms with van der Waals surface area (Å²) in [7, 11) is 0. The molecule has 4 nitrogen and oxygen atoms in total. The number of ketones is 1. The number of likely N-dealkylation sites (tertiary alicyclic amines) is 1. The van der Waals surface area contributed by atoms with E-state index >= 15 is 0 Å². The minimum atomic E-state index is -0.803. The number of aliphatic hydroxyl groups excluding tert-OH is 1. The SMILES string of the molecule is CC1=CCCC2(C)C(CCC2(O)CN2CCC(Cc3ccccc3)CC2)c2ccc(cc2C(=O)C2CCCCC2)CC(O)CC1. The van der Waals surface area contributed by atoms with E-state index in [4.69, 9.17) is 0 Å². The smallest absolute Gasteiger partial charge is 0.166 e. The Labute approximate surface area is 272 Å². The molecule has 4 unspecified atom stereocenters. The number of β-amino-alcohol motifs (C(OH)–C–C–N with tert-alkyl or cyclic N) is 1. The zero-order valence-electron chi connectivity index (χ0n) is 28.0. The van der Waals surface area contributed by atoms with E-state index in [2.05, 4.69) is 73.4 Å².